The summed E-state index contributed by atoms with van der Waals surface area (Å²) in [6.07, 6.45) is 0.190. The highest BCUT2D eigenvalue weighted by atomic mass is 16.5. The van der Waals surface area contributed by atoms with E-state index in [1.807, 2.05) is 0 Å². The molecule has 6 heteroatoms. The van der Waals surface area contributed by atoms with E-state index in [0.29, 0.717) is 18.9 Å². The molecule has 0 aromatic heterocycles. The van der Waals surface area contributed by atoms with E-state index < -0.39 is 11.9 Å². The van der Waals surface area contributed by atoms with Gasteiger partial charge in [0.2, 0.25) is 0 Å². The zero-order chi connectivity index (χ0) is 18.1. The summed E-state index contributed by atoms with van der Waals surface area (Å²) < 4.78 is 10.4. The molecule has 1 rings (SSSR count). The Morgan fingerprint density at radius 2 is 1.83 bits per heavy atom. The molecule has 0 amide bonds. The lowest BCUT2D eigenvalue weighted by atomic mass is 9.93. The van der Waals surface area contributed by atoms with Crippen LogP contribution < -0.4 is 10.5 Å². The Balaban J connectivity index is 3.11. The fourth-order valence-electron chi connectivity index (χ4n) is 2.30. The van der Waals surface area contributed by atoms with E-state index >= 15 is 0 Å². The molecule has 0 aliphatic carbocycles. The van der Waals surface area contributed by atoms with Crippen molar-refractivity contribution in [2.75, 3.05) is 19.8 Å². The van der Waals surface area contributed by atoms with Crippen molar-refractivity contribution in [2.24, 2.45) is 11.7 Å². The van der Waals surface area contributed by atoms with E-state index in [2.05, 4.69) is 0 Å². The summed E-state index contributed by atoms with van der Waals surface area (Å²) in [5.74, 6) is -1.31. The molecule has 0 saturated carbocycles. The molecule has 0 radical (unpaired) electrons. The average Bonchev–Trinajstić information content (AvgIpc) is 2.53. The molecule has 3 N–H and O–H groups in total. The van der Waals surface area contributed by atoms with Gasteiger partial charge in [0.1, 0.15) is 12.4 Å². The van der Waals surface area contributed by atoms with Crippen LogP contribution in [-0.4, -0.2) is 36.8 Å². The van der Waals surface area contributed by atoms with Gasteiger partial charge in [-0.2, -0.15) is 0 Å². The van der Waals surface area contributed by atoms with Crippen molar-refractivity contribution in [2.45, 2.75) is 27.2 Å². The zero-order valence-corrected chi connectivity index (χ0v) is 14.4. The van der Waals surface area contributed by atoms with Crippen LogP contribution >= 0.6 is 0 Å². The standard InChI is InChI=1S/C18H25NO5/c1-4-23-18(22)15(16(12(2)3)17(20)21)11-13-5-7-14(8-6-13)24-10-9-19/h5-8,12H,4,9-11,19H2,1-3H3,(H,20,21). The molecule has 0 fully saturated rings. The smallest absolute Gasteiger partial charge is 0.334 e. The number of ether oxygens (including phenoxy) is 2. The van der Waals surface area contributed by atoms with Crippen LogP contribution in [0.15, 0.2) is 35.4 Å². The molecule has 0 unspecified atom stereocenters. The lowest BCUT2D eigenvalue weighted by molar-refractivity contribution is -0.140. The highest BCUT2D eigenvalue weighted by molar-refractivity contribution is 6.00. The first-order chi connectivity index (χ1) is 11.4. The third-order valence-electron chi connectivity index (χ3n) is 3.35. The van der Waals surface area contributed by atoms with Crippen molar-refractivity contribution >= 4 is 11.9 Å². The van der Waals surface area contributed by atoms with Crippen molar-refractivity contribution in [3.63, 3.8) is 0 Å². The summed E-state index contributed by atoms with van der Waals surface area (Å²) in [6, 6.07) is 7.13. The van der Waals surface area contributed by atoms with Gasteiger partial charge < -0.3 is 20.3 Å². The molecule has 1 aromatic carbocycles. The second kappa shape index (κ2) is 9.72. The average molecular weight is 335 g/mol. The lowest BCUT2D eigenvalue weighted by Crippen LogP contribution is -2.19. The summed E-state index contributed by atoms with van der Waals surface area (Å²) in [7, 11) is 0. The van der Waals surface area contributed by atoms with Gasteiger partial charge in [0.15, 0.2) is 0 Å². The maximum atomic E-state index is 12.2. The predicted molar refractivity (Wildman–Crippen MR) is 90.8 cm³/mol. The second-order valence-corrected chi connectivity index (χ2v) is 5.53. The van der Waals surface area contributed by atoms with Gasteiger partial charge in [-0.3, -0.25) is 0 Å². The molecular weight excluding hydrogens is 310 g/mol. The van der Waals surface area contributed by atoms with E-state index in [9.17, 15) is 14.7 Å². The van der Waals surface area contributed by atoms with Gasteiger partial charge in [-0.1, -0.05) is 26.0 Å². The Hall–Kier alpha value is -2.34. The number of aliphatic carboxylic acids is 1. The minimum absolute atomic E-state index is 0.0805. The number of carbonyl (C=O) groups is 2. The Kier molecular flexibility index (Phi) is 7.98. The van der Waals surface area contributed by atoms with Crippen molar-refractivity contribution in [1.29, 1.82) is 0 Å². The van der Waals surface area contributed by atoms with Gasteiger partial charge in [0.05, 0.1) is 17.8 Å². The largest absolute Gasteiger partial charge is 0.492 e. The van der Waals surface area contributed by atoms with Gasteiger partial charge >= 0.3 is 11.9 Å². The highest BCUT2D eigenvalue weighted by Gasteiger charge is 2.24. The number of benzene rings is 1. The molecule has 0 aliphatic rings. The van der Waals surface area contributed by atoms with Gasteiger partial charge in [0, 0.05) is 13.0 Å². The van der Waals surface area contributed by atoms with Crippen LogP contribution in [0.1, 0.15) is 26.3 Å². The van der Waals surface area contributed by atoms with Crippen LogP contribution in [0.2, 0.25) is 0 Å². The van der Waals surface area contributed by atoms with Crippen LogP contribution in [0, 0.1) is 5.92 Å². The molecule has 0 aliphatic heterocycles. The van der Waals surface area contributed by atoms with Gasteiger partial charge in [0.25, 0.3) is 0 Å². The predicted octanol–water partition coefficient (Wildman–Crippen LogP) is 2.17. The maximum absolute atomic E-state index is 12.2. The molecule has 0 bridgehead atoms. The summed E-state index contributed by atoms with van der Waals surface area (Å²) in [5.41, 5.74) is 6.45. The van der Waals surface area contributed by atoms with E-state index in [0.717, 1.165) is 5.56 Å². The van der Waals surface area contributed by atoms with Crippen molar-refractivity contribution in [3.05, 3.63) is 41.0 Å². The highest BCUT2D eigenvalue weighted by Crippen LogP contribution is 2.22. The number of hydrogen-bond acceptors (Lipinski definition) is 5. The Morgan fingerprint density at radius 3 is 2.29 bits per heavy atom. The van der Waals surface area contributed by atoms with Crippen LogP contribution in [-0.2, 0) is 20.7 Å². The molecule has 1 aromatic rings. The number of rotatable bonds is 9. The quantitative estimate of drug-likeness (QED) is 0.530. The zero-order valence-electron chi connectivity index (χ0n) is 14.4. The van der Waals surface area contributed by atoms with Gasteiger partial charge in [-0.25, -0.2) is 9.59 Å². The molecule has 0 spiro atoms. The van der Waals surface area contributed by atoms with Gasteiger partial charge in [-0.05, 0) is 30.5 Å². The number of carboxylic acids is 1. The van der Waals surface area contributed by atoms with Gasteiger partial charge in [-0.15, -0.1) is 0 Å². The summed E-state index contributed by atoms with van der Waals surface area (Å²) in [5, 5.41) is 9.45. The first-order valence-corrected chi connectivity index (χ1v) is 7.95. The Bertz CT molecular complexity index is 590. The molecule has 0 atom stereocenters. The summed E-state index contributed by atoms with van der Waals surface area (Å²) in [6.45, 7) is 6.21. The SMILES string of the molecule is CCOC(=O)C(Cc1ccc(OCCN)cc1)=C(C(=O)O)C(C)C. The minimum Gasteiger partial charge on any atom is -0.492 e. The first kappa shape index (κ1) is 19.7. The minimum atomic E-state index is -1.10. The fraction of sp³-hybridized carbons (Fsp3) is 0.444. The first-order valence-electron chi connectivity index (χ1n) is 7.95. The number of hydrogen-bond donors (Lipinski definition) is 2. The van der Waals surface area contributed by atoms with Crippen LogP contribution in [0.3, 0.4) is 0 Å². The van der Waals surface area contributed by atoms with Crippen LogP contribution in [0.4, 0.5) is 0 Å². The fourth-order valence-corrected chi connectivity index (χ4v) is 2.30. The molecular formula is C18H25NO5. The Labute approximate surface area is 142 Å². The maximum Gasteiger partial charge on any atom is 0.334 e. The summed E-state index contributed by atoms with van der Waals surface area (Å²) in [4.78, 5) is 23.8. The van der Waals surface area contributed by atoms with Crippen molar-refractivity contribution in [3.8, 4) is 5.75 Å². The van der Waals surface area contributed by atoms with Crippen molar-refractivity contribution < 1.29 is 24.2 Å². The number of carbonyl (C=O) groups excluding carboxylic acids is 1. The Morgan fingerprint density at radius 1 is 1.21 bits per heavy atom. The molecule has 24 heavy (non-hydrogen) atoms. The normalized spacial score (nSPS) is 11.9. The van der Waals surface area contributed by atoms with E-state index in [-0.39, 0.29) is 30.1 Å². The monoisotopic (exact) mass is 335 g/mol. The lowest BCUT2D eigenvalue weighted by Gasteiger charge is -2.15. The second-order valence-electron chi connectivity index (χ2n) is 5.53. The van der Waals surface area contributed by atoms with Crippen molar-refractivity contribution in [1.82, 2.24) is 0 Å². The third kappa shape index (κ3) is 5.70. The van der Waals surface area contributed by atoms with Crippen LogP contribution in [0.25, 0.3) is 0 Å². The van der Waals surface area contributed by atoms with Crippen LogP contribution in [0.5, 0.6) is 5.75 Å². The third-order valence-corrected chi connectivity index (χ3v) is 3.35. The molecule has 0 saturated heterocycles. The molecule has 132 valence electrons. The van der Waals surface area contributed by atoms with E-state index in [1.54, 1.807) is 45.0 Å². The van der Waals surface area contributed by atoms with E-state index in [4.69, 9.17) is 15.2 Å². The summed E-state index contributed by atoms with van der Waals surface area (Å²) >= 11 is 0. The number of carboxylic acid groups (broad SMARTS) is 1. The molecule has 0 heterocycles. The number of nitrogens with two attached hydrogens (primary N) is 1. The number of esters is 1. The topological polar surface area (TPSA) is 98.9 Å². The molecule has 6 nitrogen and oxygen atoms in total. The van der Waals surface area contributed by atoms with E-state index in [1.165, 1.54) is 0 Å².